The van der Waals surface area contributed by atoms with Gasteiger partial charge in [0.2, 0.25) is 0 Å². The van der Waals surface area contributed by atoms with E-state index in [0.717, 1.165) is 0 Å². The maximum Gasteiger partial charge on any atom is 0.335 e. The molecule has 1 unspecified atom stereocenters. The van der Waals surface area contributed by atoms with Gasteiger partial charge in [0.15, 0.2) is 11.4 Å². The second-order valence-corrected chi connectivity index (χ2v) is 6.18. The van der Waals surface area contributed by atoms with Crippen LogP contribution in [-0.4, -0.2) is 87.8 Å². The van der Waals surface area contributed by atoms with Crippen molar-refractivity contribution in [3.8, 4) is 11.5 Å². The van der Waals surface area contributed by atoms with Crippen molar-refractivity contribution in [2.75, 3.05) is 60.4 Å². The molecule has 1 aliphatic heterocycles. The van der Waals surface area contributed by atoms with Gasteiger partial charge in [0.05, 0.1) is 52.9 Å². The number of carbonyl (C=O) groups is 1. The highest BCUT2D eigenvalue weighted by molar-refractivity contribution is 6.03. The molecule has 10 heteroatoms. The molecule has 2 rings (SSSR count). The third-order valence-corrected chi connectivity index (χ3v) is 3.95. The molecule has 1 atom stereocenters. The minimum Gasteiger partial charge on any atom is -0.505 e. The molecule has 2 heterocycles. The number of aromatic nitrogens is 1. The Morgan fingerprint density at radius 2 is 1.86 bits per heavy atom. The Balaban J connectivity index is 1.78. The molecule has 0 saturated heterocycles. The van der Waals surface area contributed by atoms with E-state index in [1.807, 2.05) is 0 Å². The number of carbonyl (C=O) groups excluding carboxylic acids is 1. The molecule has 156 valence electrons. The van der Waals surface area contributed by atoms with Crippen LogP contribution in [0.15, 0.2) is 17.3 Å². The smallest absolute Gasteiger partial charge is 0.335 e. The van der Waals surface area contributed by atoms with Crippen molar-refractivity contribution in [2.45, 2.75) is 12.5 Å². The quantitative estimate of drug-likeness (QED) is 0.374. The van der Waals surface area contributed by atoms with Gasteiger partial charge in [-0.3, -0.25) is 0 Å². The van der Waals surface area contributed by atoms with Crippen molar-refractivity contribution in [1.29, 1.82) is 0 Å². The summed E-state index contributed by atoms with van der Waals surface area (Å²) in [4.78, 5) is 20.3. The van der Waals surface area contributed by atoms with Crippen LogP contribution in [0.25, 0.3) is 0 Å². The molecule has 0 fully saturated rings. The highest BCUT2D eigenvalue weighted by Gasteiger charge is 2.39. The molecule has 0 radical (unpaired) electrons. The van der Waals surface area contributed by atoms with E-state index in [1.165, 1.54) is 19.4 Å². The predicted octanol–water partition coefficient (Wildman–Crippen LogP) is 0.127. The maximum atomic E-state index is 11.8. The van der Waals surface area contributed by atoms with Gasteiger partial charge in [0.1, 0.15) is 23.8 Å². The van der Waals surface area contributed by atoms with Crippen LogP contribution in [-0.2, 0) is 23.7 Å². The number of nitrogens with zero attached hydrogens (tertiary/aromatic N) is 2. The van der Waals surface area contributed by atoms with E-state index in [9.17, 15) is 9.90 Å². The molecule has 0 saturated carbocycles. The molecular formula is C18H27N3O7. The predicted molar refractivity (Wildman–Crippen MR) is 99.9 cm³/mol. The molecule has 0 aliphatic carbocycles. The summed E-state index contributed by atoms with van der Waals surface area (Å²) in [6, 6.07) is 1.44. The number of esters is 1. The fraction of sp³-hybridized carbons (Fsp3) is 0.611. The van der Waals surface area contributed by atoms with Crippen LogP contribution in [0.5, 0.6) is 11.5 Å². The average molecular weight is 397 g/mol. The average Bonchev–Trinajstić information content (AvgIpc) is 3.09. The zero-order valence-corrected chi connectivity index (χ0v) is 16.4. The van der Waals surface area contributed by atoms with Crippen molar-refractivity contribution < 1.29 is 33.6 Å². The van der Waals surface area contributed by atoms with Crippen LogP contribution in [0, 0.1) is 0 Å². The third-order valence-electron chi connectivity index (χ3n) is 3.95. The molecule has 0 aromatic carbocycles. The molecule has 0 bridgehead atoms. The molecule has 10 nitrogen and oxygen atoms in total. The topological polar surface area (TPSA) is 121 Å². The second kappa shape index (κ2) is 10.8. The number of pyridine rings is 1. The van der Waals surface area contributed by atoms with E-state index < -0.39 is 11.5 Å². The van der Waals surface area contributed by atoms with E-state index >= 15 is 0 Å². The van der Waals surface area contributed by atoms with Crippen LogP contribution >= 0.6 is 0 Å². The maximum absolute atomic E-state index is 11.8. The number of hydrogen-bond donors (Lipinski definition) is 2. The first-order valence-electron chi connectivity index (χ1n) is 8.89. The summed E-state index contributed by atoms with van der Waals surface area (Å²) in [6.07, 6.45) is 1.47. The summed E-state index contributed by atoms with van der Waals surface area (Å²) >= 11 is 0. The summed E-state index contributed by atoms with van der Waals surface area (Å²) in [5, 5.41) is 13.2. The first-order chi connectivity index (χ1) is 13.5. The normalized spacial score (nSPS) is 18.5. The summed E-state index contributed by atoms with van der Waals surface area (Å²) in [5.41, 5.74) is -0.803. The Morgan fingerprint density at radius 3 is 2.50 bits per heavy atom. The SMILES string of the molecule is COCCOCCOCCOc1cnc(C2=NC(C)(C(=O)OC)CN2)c(O)c1. The Kier molecular flexibility index (Phi) is 8.42. The largest absolute Gasteiger partial charge is 0.505 e. The van der Waals surface area contributed by atoms with Crippen molar-refractivity contribution in [3.63, 3.8) is 0 Å². The number of methoxy groups -OCH3 is 2. The minimum atomic E-state index is -1.04. The van der Waals surface area contributed by atoms with Crippen LogP contribution in [0.2, 0.25) is 0 Å². The summed E-state index contributed by atoms with van der Waals surface area (Å²) < 4.78 is 25.8. The number of aliphatic imine (C=N–C) groups is 1. The van der Waals surface area contributed by atoms with Gasteiger partial charge in [0, 0.05) is 13.2 Å². The summed E-state index contributed by atoms with van der Waals surface area (Å²) in [5.74, 6) is 0.160. The van der Waals surface area contributed by atoms with Gasteiger partial charge in [-0.1, -0.05) is 0 Å². The fourth-order valence-corrected chi connectivity index (χ4v) is 2.43. The number of rotatable bonds is 12. The number of nitrogens with one attached hydrogen (secondary N) is 1. The first-order valence-corrected chi connectivity index (χ1v) is 8.89. The number of aromatic hydroxyl groups is 1. The summed E-state index contributed by atoms with van der Waals surface area (Å²) in [7, 11) is 2.93. The molecule has 2 N–H and O–H groups in total. The van der Waals surface area contributed by atoms with Gasteiger partial charge in [-0.2, -0.15) is 0 Å². The number of amidine groups is 1. The van der Waals surface area contributed by atoms with Gasteiger partial charge in [-0.25, -0.2) is 14.8 Å². The van der Waals surface area contributed by atoms with Gasteiger partial charge in [-0.15, -0.1) is 0 Å². The lowest BCUT2D eigenvalue weighted by Gasteiger charge is -2.15. The van der Waals surface area contributed by atoms with Gasteiger partial charge in [0.25, 0.3) is 0 Å². The Labute approximate surface area is 163 Å². The molecule has 0 amide bonds. The van der Waals surface area contributed by atoms with Crippen LogP contribution in [0.4, 0.5) is 0 Å². The molecule has 0 spiro atoms. The minimum absolute atomic E-state index is 0.106. The monoisotopic (exact) mass is 397 g/mol. The van der Waals surface area contributed by atoms with E-state index in [1.54, 1.807) is 14.0 Å². The standard InChI is InChI=1S/C18H27N3O7/c1-18(17(23)25-3)12-20-16(21-18)15-14(22)10-13(11-19-15)28-9-8-27-7-6-26-5-4-24-2/h10-11,22H,4-9,12H2,1-3H3,(H,20,21). The molecule has 28 heavy (non-hydrogen) atoms. The third kappa shape index (κ3) is 6.04. The Bertz CT molecular complexity index is 683. The van der Waals surface area contributed by atoms with Gasteiger partial charge in [-0.05, 0) is 6.92 Å². The van der Waals surface area contributed by atoms with Crippen molar-refractivity contribution >= 4 is 11.8 Å². The van der Waals surface area contributed by atoms with Crippen molar-refractivity contribution in [1.82, 2.24) is 10.3 Å². The van der Waals surface area contributed by atoms with Crippen LogP contribution in [0.3, 0.4) is 0 Å². The Morgan fingerprint density at radius 1 is 1.18 bits per heavy atom. The highest BCUT2D eigenvalue weighted by Crippen LogP contribution is 2.25. The molecular weight excluding hydrogens is 370 g/mol. The van der Waals surface area contributed by atoms with Crippen molar-refractivity contribution in [2.24, 2.45) is 4.99 Å². The fourth-order valence-electron chi connectivity index (χ4n) is 2.43. The molecule has 1 aromatic heterocycles. The van der Waals surface area contributed by atoms with E-state index in [4.69, 9.17) is 23.7 Å². The summed E-state index contributed by atoms with van der Waals surface area (Å²) in [6.45, 7) is 4.63. The van der Waals surface area contributed by atoms with E-state index in [2.05, 4.69) is 15.3 Å². The van der Waals surface area contributed by atoms with Crippen LogP contribution in [0.1, 0.15) is 12.6 Å². The number of ether oxygens (including phenoxy) is 5. The first kappa shape index (κ1) is 21.9. The Hall–Kier alpha value is -2.43. The lowest BCUT2D eigenvalue weighted by atomic mass is 10.1. The van der Waals surface area contributed by atoms with E-state index in [-0.39, 0.29) is 18.0 Å². The second-order valence-electron chi connectivity index (χ2n) is 6.18. The lowest BCUT2D eigenvalue weighted by Crippen LogP contribution is -2.38. The van der Waals surface area contributed by atoms with Crippen molar-refractivity contribution in [3.05, 3.63) is 18.0 Å². The van der Waals surface area contributed by atoms with E-state index in [0.29, 0.717) is 51.2 Å². The van der Waals surface area contributed by atoms with Gasteiger partial charge >= 0.3 is 5.97 Å². The lowest BCUT2D eigenvalue weighted by molar-refractivity contribution is -0.145. The number of hydrogen-bond acceptors (Lipinski definition) is 10. The highest BCUT2D eigenvalue weighted by atomic mass is 16.6. The molecule has 1 aromatic rings. The molecule has 1 aliphatic rings. The van der Waals surface area contributed by atoms with Crippen LogP contribution < -0.4 is 10.1 Å². The zero-order chi connectivity index (χ0) is 20.4. The zero-order valence-electron chi connectivity index (χ0n) is 16.4. The van der Waals surface area contributed by atoms with Gasteiger partial charge < -0.3 is 34.1 Å².